The number of sulfone groups is 1. The molecule has 1 aliphatic heterocycles. The van der Waals surface area contributed by atoms with Crippen molar-refractivity contribution in [1.82, 2.24) is 15.1 Å². The fourth-order valence-electron chi connectivity index (χ4n) is 3.99. The van der Waals surface area contributed by atoms with Gasteiger partial charge >= 0.3 is 6.18 Å². The standard InChI is InChI=1S/C21H22F3N5O3S/c1-13-9-18(29(27-13)15-5-3-14(4-6-15)21(22,23)24)28-11-16(33(2,31)32)10-17(28)19(30)26-20(12-25)7-8-20/h3-6,9,16-17H,7-8,10-11H2,1-2H3,(H,26,30)/t16-,17+/m1/s1. The molecule has 1 saturated carbocycles. The summed E-state index contributed by atoms with van der Waals surface area (Å²) < 4.78 is 64.9. The van der Waals surface area contributed by atoms with Crippen LogP contribution in [0.25, 0.3) is 5.69 Å². The minimum atomic E-state index is -4.48. The lowest BCUT2D eigenvalue weighted by Gasteiger charge is -2.27. The Morgan fingerprint density at radius 2 is 1.91 bits per heavy atom. The number of rotatable bonds is 5. The summed E-state index contributed by atoms with van der Waals surface area (Å²) in [4.78, 5) is 14.7. The molecule has 1 aliphatic carbocycles. The molecule has 8 nitrogen and oxygen atoms in total. The number of carbonyl (C=O) groups excluding carboxylic acids is 1. The highest BCUT2D eigenvalue weighted by atomic mass is 32.2. The maximum atomic E-state index is 13.1. The number of aromatic nitrogens is 2. The molecule has 2 fully saturated rings. The van der Waals surface area contributed by atoms with Gasteiger partial charge in [0.05, 0.1) is 28.3 Å². The summed E-state index contributed by atoms with van der Waals surface area (Å²) in [7, 11) is -3.48. The van der Waals surface area contributed by atoms with E-state index in [2.05, 4.69) is 16.5 Å². The molecule has 176 valence electrons. The number of carbonyl (C=O) groups is 1. The van der Waals surface area contributed by atoms with E-state index in [-0.39, 0.29) is 13.0 Å². The van der Waals surface area contributed by atoms with Crippen molar-refractivity contribution in [3.05, 3.63) is 41.6 Å². The van der Waals surface area contributed by atoms with E-state index >= 15 is 0 Å². The Kier molecular flexibility index (Phi) is 5.43. The van der Waals surface area contributed by atoms with Crippen LogP contribution in [0, 0.1) is 18.3 Å². The Balaban J connectivity index is 1.71. The molecule has 0 radical (unpaired) electrons. The van der Waals surface area contributed by atoms with Crippen molar-refractivity contribution in [2.24, 2.45) is 0 Å². The van der Waals surface area contributed by atoms with Crippen LogP contribution in [0.2, 0.25) is 0 Å². The highest BCUT2D eigenvalue weighted by Crippen LogP contribution is 2.37. The molecule has 1 aromatic heterocycles. The first kappa shape index (κ1) is 23.1. The van der Waals surface area contributed by atoms with Gasteiger partial charge in [-0.1, -0.05) is 0 Å². The van der Waals surface area contributed by atoms with Crippen LogP contribution in [0.3, 0.4) is 0 Å². The van der Waals surface area contributed by atoms with Crippen molar-refractivity contribution in [2.45, 2.75) is 49.2 Å². The van der Waals surface area contributed by atoms with Gasteiger partial charge in [-0.25, -0.2) is 13.1 Å². The number of alkyl halides is 3. The van der Waals surface area contributed by atoms with E-state index in [1.54, 1.807) is 17.9 Å². The summed E-state index contributed by atoms with van der Waals surface area (Å²) >= 11 is 0. The van der Waals surface area contributed by atoms with Gasteiger partial charge in [-0.3, -0.25) is 4.79 Å². The van der Waals surface area contributed by atoms with Crippen LogP contribution < -0.4 is 10.2 Å². The Morgan fingerprint density at radius 1 is 1.27 bits per heavy atom. The monoisotopic (exact) mass is 481 g/mol. The second-order valence-electron chi connectivity index (χ2n) is 8.64. The predicted molar refractivity (Wildman–Crippen MR) is 113 cm³/mol. The number of halogens is 3. The molecule has 2 heterocycles. The average molecular weight is 482 g/mol. The van der Waals surface area contributed by atoms with Gasteiger partial charge in [0.2, 0.25) is 5.91 Å². The third-order valence-electron chi connectivity index (χ3n) is 6.04. The van der Waals surface area contributed by atoms with E-state index in [4.69, 9.17) is 0 Å². The lowest BCUT2D eigenvalue weighted by Crippen LogP contribution is -2.48. The van der Waals surface area contributed by atoms with E-state index in [0.717, 1.165) is 18.4 Å². The topological polar surface area (TPSA) is 108 Å². The highest BCUT2D eigenvalue weighted by Gasteiger charge is 2.49. The molecular formula is C21H22F3N5O3S. The summed E-state index contributed by atoms with van der Waals surface area (Å²) in [6.45, 7) is 1.71. The van der Waals surface area contributed by atoms with E-state index < -0.39 is 44.3 Å². The molecule has 1 amide bonds. The van der Waals surface area contributed by atoms with E-state index in [1.165, 1.54) is 16.8 Å². The molecule has 33 heavy (non-hydrogen) atoms. The smallest absolute Gasteiger partial charge is 0.343 e. The van der Waals surface area contributed by atoms with Crippen LogP contribution in [-0.2, 0) is 20.8 Å². The molecule has 0 spiro atoms. The maximum absolute atomic E-state index is 13.1. The van der Waals surface area contributed by atoms with Gasteiger partial charge in [0.25, 0.3) is 0 Å². The lowest BCUT2D eigenvalue weighted by atomic mass is 10.1. The molecule has 1 aromatic carbocycles. The Bertz CT molecular complexity index is 1230. The number of nitrogens with one attached hydrogen (secondary N) is 1. The van der Waals surface area contributed by atoms with Crippen LogP contribution in [-0.4, -0.2) is 53.7 Å². The van der Waals surface area contributed by atoms with Crippen LogP contribution >= 0.6 is 0 Å². The summed E-state index contributed by atoms with van der Waals surface area (Å²) in [5.41, 5.74) is -0.847. The van der Waals surface area contributed by atoms with Gasteiger partial charge in [0.1, 0.15) is 17.4 Å². The third-order valence-corrected chi connectivity index (χ3v) is 7.60. The van der Waals surface area contributed by atoms with Gasteiger partial charge in [0.15, 0.2) is 9.84 Å². The number of amides is 1. The van der Waals surface area contributed by atoms with Gasteiger partial charge in [-0.2, -0.15) is 23.5 Å². The number of aryl methyl sites for hydroxylation is 1. The molecule has 0 unspecified atom stereocenters. The predicted octanol–water partition coefficient (Wildman–Crippen LogP) is 2.36. The van der Waals surface area contributed by atoms with Crippen LogP contribution in [0.4, 0.5) is 19.0 Å². The number of hydrogen-bond acceptors (Lipinski definition) is 6. The molecule has 2 atom stereocenters. The molecule has 0 bridgehead atoms. The quantitative estimate of drug-likeness (QED) is 0.703. The fraction of sp³-hybridized carbons (Fsp3) is 0.476. The maximum Gasteiger partial charge on any atom is 0.416 e. The zero-order valence-electron chi connectivity index (χ0n) is 17.9. The SMILES string of the molecule is Cc1cc(N2C[C@H](S(C)(=O)=O)C[C@H]2C(=O)NC2(C#N)CC2)n(-c2ccc(C(F)(F)F)cc2)n1. The van der Waals surface area contributed by atoms with Gasteiger partial charge < -0.3 is 10.2 Å². The molecule has 1 N–H and O–H groups in total. The number of hydrogen-bond donors (Lipinski definition) is 1. The van der Waals surface area contributed by atoms with Gasteiger partial charge in [0, 0.05) is 18.9 Å². The summed E-state index contributed by atoms with van der Waals surface area (Å²) in [6.07, 6.45) is -2.29. The zero-order chi connectivity index (χ0) is 24.2. The molecule has 12 heteroatoms. The number of anilines is 1. The van der Waals surface area contributed by atoms with Crippen LogP contribution in [0.15, 0.2) is 30.3 Å². The van der Waals surface area contributed by atoms with Crippen LogP contribution in [0.5, 0.6) is 0 Å². The highest BCUT2D eigenvalue weighted by molar-refractivity contribution is 7.91. The Hall–Kier alpha value is -3.07. The van der Waals surface area contributed by atoms with Gasteiger partial charge in [-0.05, 0) is 50.5 Å². The van der Waals surface area contributed by atoms with E-state index in [0.29, 0.717) is 30.0 Å². The largest absolute Gasteiger partial charge is 0.416 e. The third kappa shape index (κ3) is 4.55. The summed E-state index contributed by atoms with van der Waals surface area (Å²) in [5.74, 6) is -0.0709. The van der Waals surface area contributed by atoms with Crippen molar-refractivity contribution < 1.29 is 26.4 Å². The normalized spacial score (nSPS) is 22.1. The molecule has 2 aliphatic rings. The second-order valence-corrected chi connectivity index (χ2v) is 11.0. The van der Waals surface area contributed by atoms with Gasteiger partial charge in [-0.15, -0.1) is 0 Å². The van der Waals surface area contributed by atoms with E-state index in [9.17, 15) is 31.6 Å². The Morgan fingerprint density at radius 3 is 2.42 bits per heavy atom. The molecular weight excluding hydrogens is 459 g/mol. The van der Waals surface area contributed by atoms with E-state index in [1.807, 2.05) is 0 Å². The summed E-state index contributed by atoms with van der Waals surface area (Å²) in [5, 5.41) is 15.6. The first-order chi connectivity index (χ1) is 15.3. The first-order valence-electron chi connectivity index (χ1n) is 10.3. The van der Waals surface area contributed by atoms with Crippen molar-refractivity contribution in [1.29, 1.82) is 5.26 Å². The van der Waals surface area contributed by atoms with Crippen molar-refractivity contribution in [2.75, 3.05) is 17.7 Å². The first-order valence-corrected chi connectivity index (χ1v) is 12.2. The molecule has 1 saturated heterocycles. The van der Waals surface area contributed by atoms with Crippen molar-refractivity contribution in [3.8, 4) is 11.8 Å². The minimum Gasteiger partial charge on any atom is -0.343 e. The summed E-state index contributed by atoms with van der Waals surface area (Å²) in [6, 6.07) is 7.28. The lowest BCUT2D eigenvalue weighted by molar-refractivity contribution is -0.137. The van der Waals surface area contributed by atoms with Crippen molar-refractivity contribution >= 4 is 21.6 Å². The molecule has 4 rings (SSSR count). The number of benzene rings is 1. The fourth-order valence-corrected chi connectivity index (χ4v) is 4.95. The minimum absolute atomic E-state index is 0.0161. The molecule has 2 aromatic rings. The van der Waals surface area contributed by atoms with Crippen LogP contribution in [0.1, 0.15) is 30.5 Å². The second kappa shape index (κ2) is 7.76. The average Bonchev–Trinajstić information content (AvgIpc) is 3.17. The number of nitriles is 1. The Labute approximate surface area is 188 Å². The zero-order valence-corrected chi connectivity index (χ0v) is 18.7. The van der Waals surface area contributed by atoms with Crippen molar-refractivity contribution in [3.63, 3.8) is 0 Å². The number of nitrogens with zero attached hydrogens (tertiary/aromatic N) is 4.